The molecule has 2 heterocycles. The third-order valence-corrected chi connectivity index (χ3v) is 4.93. The number of esters is 1. The molecule has 126 valence electrons. The third kappa shape index (κ3) is 3.07. The van der Waals surface area contributed by atoms with Gasteiger partial charge in [0.05, 0.1) is 7.11 Å². The summed E-state index contributed by atoms with van der Waals surface area (Å²) >= 11 is 0. The largest absolute Gasteiger partial charge is 0.464 e. The molecule has 3 aromatic rings. The Hall–Kier alpha value is -2.88. The fraction of sp³-hybridized carbons (Fsp3) is 0.238. The summed E-state index contributed by atoms with van der Waals surface area (Å²) in [5.41, 5.74) is 6.61. The number of rotatable bonds is 4. The summed E-state index contributed by atoms with van der Waals surface area (Å²) in [5, 5.41) is 0. The average Bonchev–Trinajstić information content (AvgIpc) is 3.24. The highest BCUT2D eigenvalue weighted by molar-refractivity contribution is 5.88. The van der Waals surface area contributed by atoms with Gasteiger partial charge in [-0.3, -0.25) is 4.98 Å². The fourth-order valence-electron chi connectivity index (χ4n) is 3.69. The van der Waals surface area contributed by atoms with Crippen LogP contribution in [0, 0.1) is 0 Å². The normalized spacial score (nSPS) is 15.8. The summed E-state index contributed by atoms with van der Waals surface area (Å²) < 4.78 is 4.82. The van der Waals surface area contributed by atoms with Crippen molar-refractivity contribution in [2.45, 2.75) is 25.2 Å². The Morgan fingerprint density at radius 3 is 2.92 bits per heavy atom. The second kappa shape index (κ2) is 6.55. The standard InChI is InChI=1S/C21H20N2O2/c1-25-21(24)20-12-18-16(7-8-19(18)23-20)11-14-4-2-5-15(10-14)17-6-3-9-22-13-17/h2-6,9-10,12-13,16,23H,7-8,11H2,1H3. The maximum atomic E-state index is 11.7. The van der Waals surface area contributed by atoms with E-state index in [4.69, 9.17) is 4.74 Å². The van der Waals surface area contributed by atoms with E-state index in [1.165, 1.54) is 29.5 Å². The van der Waals surface area contributed by atoms with Crippen LogP contribution in [0.5, 0.6) is 0 Å². The molecule has 0 bridgehead atoms. The molecule has 0 aliphatic heterocycles. The van der Waals surface area contributed by atoms with Crippen LogP contribution in [0.2, 0.25) is 0 Å². The van der Waals surface area contributed by atoms with Crippen molar-refractivity contribution < 1.29 is 9.53 Å². The molecule has 0 saturated heterocycles. The molecule has 4 nitrogen and oxygen atoms in total. The van der Waals surface area contributed by atoms with Gasteiger partial charge in [-0.2, -0.15) is 0 Å². The molecule has 1 unspecified atom stereocenters. The second-order valence-corrected chi connectivity index (χ2v) is 6.49. The predicted octanol–water partition coefficient (Wildman–Crippen LogP) is 4.14. The third-order valence-electron chi connectivity index (χ3n) is 4.93. The number of nitrogens with zero attached hydrogens (tertiary/aromatic N) is 1. The number of H-pyrrole nitrogens is 1. The van der Waals surface area contributed by atoms with E-state index in [1.54, 1.807) is 6.20 Å². The Morgan fingerprint density at radius 1 is 1.24 bits per heavy atom. The first-order valence-corrected chi connectivity index (χ1v) is 8.54. The van der Waals surface area contributed by atoms with Gasteiger partial charge >= 0.3 is 5.97 Å². The van der Waals surface area contributed by atoms with E-state index in [0.29, 0.717) is 11.6 Å². The van der Waals surface area contributed by atoms with Crippen molar-refractivity contribution in [1.82, 2.24) is 9.97 Å². The Kier molecular flexibility index (Phi) is 4.10. The maximum Gasteiger partial charge on any atom is 0.354 e. The minimum absolute atomic E-state index is 0.299. The van der Waals surface area contributed by atoms with E-state index < -0.39 is 0 Å². The molecule has 4 heteroatoms. The number of carbonyl (C=O) groups excluding carboxylic acids is 1. The van der Waals surface area contributed by atoms with Gasteiger partial charge < -0.3 is 9.72 Å². The maximum absolute atomic E-state index is 11.7. The molecule has 0 radical (unpaired) electrons. The van der Waals surface area contributed by atoms with Crippen LogP contribution in [0.1, 0.15) is 39.6 Å². The lowest BCUT2D eigenvalue weighted by Gasteiger charge is -2.11. The van der Waals surface area contributed by atoms with E-state index in [9.17, 15) is 4.79 Å². The van der Waals surface area contributed by atoms with E-state index in [2.05, 4.69) is 40.3 Å². The van der Waals surface area contributed by atoms with Crippen molar-refractivity contribution in [1.29, 1.82) is 0 Å². The molecule has 4 rings (SSSR count). The van der Waals surface area contributed by atoms with E-state index in [0.717, 1.165) is 24.8 Å². The first kappa shape index (κ1) is 15.6. The Bertz CT molecular complexity index is 899. The van der Waals surface area contributed by atoms with Crippen molar-refractivity contribution in [2.24, 2.45) is 0 Å². The smallest absolute Gasteiger partial charge is 0.354 e. The SMILES string of the molecule is COC(=O)c1cc2c([nH]1)CCC2Cc1cccc(-c2cccnc2)c1. The van der Waals surface area contributed by atoms with Gasteiger partial charge in [0.2, 0.25) is 0 Å². The summed E-state index contributed by atoms with van der Waals surface area (Å²) in [7, 11) is 1.41. The lowest BCUT2D eigenvalue weighted by atomic mass is 9.93. The molecule has 1 N–H and O–H groups in total. The number of ether oxygens (including phenoxy) is 1. The van der Waals surface area contributed by atoms with Gasteiger partial charge in [0.15, 0.2) is 0 Å². The molecule has 1 aliphatic carbocycles. The molecule has 2 aromatic heterocycles. The number of aryl methyl sites for hydroxylation is 1. The van der Waals surface area contributed by atoms with Gasteiger partial charge in [-0.1, -0.05) is 30.3 Å². The number of nitrogens with one attached hydrogen (secondary N) is 1. The van der Waals surface area contributed by atoms with Crippen LogP contribution in [0.4, 0.5) is 0 Å². The number of carbonyl (C=O) groups is 1. The van der Waals surface area contributed by atoms with Crippen LogP contribution in [-0.2, 0) is 17.6 Å². The van der Waals surface area contributed by atoms with Gasteiger partial charge in [0, 0.05) is 18.1 Å². The minimum Gasteiger partial charge on any atom is -0.464 e. The highest BCUT2D eigenvalue weighted by atomic mass is 16.5. The van der Waals surface area contributed by atoms with E-state index >= 15 is 0 Å². The Labute approximate surface area is 146 Å². The highest BCUT2D eigenvalue weighted by Crippen LogP contribution is 2.36. The minimum atomic E-state index is -0.299. The van der Waals surface area contributed by atoms with Gasteiger partial charge in [0.25, 0.3) is 0 Å². The molecule has 0 spiro atoms. The molecule has 1 aromatic carbocycles. The number of methoxy groups -OCH3 is 1. The molecule has 1 atom stereocenters. The Balaban J connectivity index is 1.57. The van der Waals surface area contributed by atoms with Gasteiger partial charge in [-0.25, -0.2) is 4.79 Å². The fourth-order valence-corrected chi connectivity index (χ4v) is 3.69. The van der Waals surface area contributed by atoms with Crippen LogP contribution in [0.15, 0.2) is 54.9 Å². The summed E-state index contributed by atoms with van der Waals surface area (Å²) in [6, 6.07) is 14.6. The van der Waals surface area contributed by atoms with Crippen molar-refractivity contribution in [3.05, 3.63) is 77.4 Å². The number of aromatic amines is 1. The van der Waals surface area contributed by atoms with Crippen LogP contribution in [0.3, 0.4) is 0 Å². The van der Waals surface area contributed by atoms with Crippen molar-refractivity contribution in [3.63, 3.8) is 0 Å². The predicted molar refractivity (Wildman–Crippen MR) is 96.6 cm³/mol. The lowest BCUT2D eigenvalue weighted by Crippen LogP contribution is -2.02. The highest BCUT2D eigenvalue weighted by Gasteiger charge is 2.26. The van der Waals surface area contributed by atoms with Crippen LogP contribution in [-0.4, -0.2) is 23.0 Å². The van der Waals surface area contributed by atoms with Crippen LogP contribution >= 0.6 is 0 Å². The summed E-state index contributed by atoms with van der Waals surface area (Å²) in [5.74, 6) is 0.139. The van der Waals surface area contributed by atoms with Crippen LogP contribution in [0.25, 0.3) is 11.1 Å². The number of hydrogen-bond donors (Lipinski definition) is 1. The lowest BCUT2D eigenvalue weighted by molar-refractivity contribution is 0.0594. The number of pyridine rings is 1. The van der Waals surface area contributed by atoms with Crippen LogP contribution < -0.4 is 0 Å². The first-order valence-electron chi connectivity index (χ1n) is 8.54. The van der Waals surface area contributed by atoms with Gasteiger partial charge in [-0.05, 0) is 59.6 Å². The molecule has 0 amide bonds. The zero-order valence-electron chi connectivity index (χ0n) is 14.2. The Morgan fingerprint density at radius 2 is 2.12 bits per heavy atom. The quantitative estimate of drug-likeness (QED) is 0.731. The zero-order valence-corrected chi connectivity index (χ0v) is 14.2. The topological polar surface area (TPSA) is 55.0 Å². The molecular formula is C21H20N2O2. The zero-order chi connectivity index (χ0) is 17.2. The average molecular weight is 332 g/mol. The number of benzene rings is 1. The number of fused-ring (bicyclic) bond motifs is 1. The monoisotopic (exact) mass is 332 g/mol. The summed E-state index contributed by atoms with van der Waals surface area (Å²) in [6.07, 6.45) is 6.75. The van der Waals surface area contributed by atoms with E-state index in [1.807, 2.05) is 18.3 Å². The number of aromatic nitrogens is 2. The summed E-state index contributed by atoms with van der Waals surface area (Å²) in [6.45, 7) is 0. The van der Waals surface area contributed by atoms with Crippen molar-refractivity contribution >= 4 is 5.97 Å². The van der Waals surface area contributed by atoms with E-state index in [-0.39, 0.29) is 5.97 Å². The van der Waals surface area contributed by atoms with Gasteiger partial charge in [-0.15, -0.1) is 0 Å². The first-order chi connectivity index (χ1) is 12.2. The molecule has 1 aliphatic rings. The number of hydrogen-bond acceptors (Lipinski definition) is 3. The second-order valence-electron chi connectivity index (χ2n) is 6.49. The molecule has 0 saturated carbocycles. The molecule has 25 heavy (non-hydrogen) atoms. The molecule has 0 fully saturated rings. The summed E-state index contributed by atoms with van der Waals surface area (Å²) in [4.78, 5) is 19.1. The molecular weight excluding hydrogens is 312 g/mol. The van der Waals surface area contributed by atoms with Gasteiger partial charge in [0.1, 0.15) is 5.69 Å². The van der Waals surface area contributed by atoms with Crippen molar-refractivity contribution in [3.8, 4) is 11.1 Å². The van der Waals surface area contributed by atoms with Crippen molar-refractivity contribution in [2.75, 3.05) is 7.11 Å².